The van der Waals surface area contributed by atoms with Gasteiger partial charge in [0.15, 0.2) is 0 Å². The molecule has 0 spiro atoms. The van der Waals surface area contributed by atoms with Gasteiger partial charge in [-0.05, 0) is 13.3 Å². The summed E-state index contributed by atoms with van der Waals surface area (Å²) in [5.41, 5.74) is 2.55. The fourth-order valence-corrected chi connectivity index (χ4v) is 1.63. The molecule has 6 nitrogen and oxygen atoms in total. The van der Waals surface area contributed by atoms with Crippen LogP contribution >= 0.6 is 0 Å². The smallest absolute Gasteiger partial charge is 0.145 e. The van der Waals surface area contributed by atoms with Crippen LogP contribution in [0.1, 0.15) is 26.1 Å². The van der Waals surface area contributed by atoms with Gasteiger partial charge in [0.05, 0.1) is 12.0 Å². The second-order valence-electron chi connectivity index (χ2n) is 4.33. The summed E-state index contributed by atoms with van der Waals surface area (Å²) in [6.07, 6.45) is 1.79. The lowest BCUT2D eigenvalue weighted by molar-refractivity contribution is 0.705. The van der Waals surface area contributed by atoms with Crippen molar-refractivity contribution in [2.45, 2.75) is 26.7 Å². The number of hydrogen-bond donors (Lipinski definition) is 2. The monoisotopic (exact) mass is 248 g/mol. The second kappa shape index (κ2) is 6.77. The minimum absolute atomic E-state index is 0.0473. The number of nitrogens with one attached hydrogen (secondary N) is 1. The molecule has 1 aromatic heterocycles. The van der Waals surface area contributed by atoms with E-state index in [4.69, 9.17) is 11.1 Å². The summed E-state index contributed by atoms with van der Waals surface area (Å²) in [7, 11) is 1.91. The summed E-state index contributed by atoms with van der Waals surface area (Å²) in [6, 6.07) is 3.99. The van der Waals surface area contributed by atoms with Gasteiger partial charge in [-0.25, -0.2) is 15.8 Å². The Labute approximate surface area is 108 Å². The number of hydrogen-bond acceptors (Lipinski definition) is 6. The van der Waals surface area contributed by atoms with E-state index in [1.54, 1.807) is 6.07 Å². The van der Waals surface area contributed by atoms with E-state index in [9.17, 15) is 0 Å². The summed E-state index contributed by atoms with van der Waals surface area (Å²) < 4.78 is 0. The predicted molar refractivity (Wildman–Crippen MR) is 71.9 cm³/mol. The summed E-state index contributed by atoms with van der Waals surface area (Å²) in [4.78, 5) is 10.7. The first-order valence-corrected chi connectivity index (χ1v) is 6.06. The largest absolute Gasteiger partial charge is 0.358 e. The molecule has 18 heavy (non-hydrogen) atoms. The number of aryl methyl sites for hydroxylation is 1. The lowest BCUT2D eigenvalue weighted by Gasteiger charge is -2.20. The van der Waals surface area contributed by atoms with Crippen LogP contribution in [-0.4, -0.2) is 23.6 Å². The highest BCUT2D eigenvalue weighted by molar-refractivity contribution is 5.48. The first-order valence-electron chi connectivity index (χ1n) is 6.06. The predicted octanol–water partition coefficient (Wildman–Crippen LogP) is 1.31. The Kier molecular flexibility index (Phi) is 5.33. The number of nitrogen functional groups attached to an aromatic ring is 1. The van der Waals surface area contributed by atoms with Crippen LogP contribution in [0.25, 0.3) is 0 Å². The number of aromatic nitrogens is 2. The van der Waals surface area contributed by atoms with Gasteiger partial charge in [0.2, 0.25) is 0 Å². The molecule has 0 aliphatic carbocycles. The van der Waals surface area contributed by atoms with E-state index in [2.05, 4.69) is 28.4 Å². The number of nitriles is 1. The molecule has 0 radical (unpaired) electrons. The van der Waals surface area contributed by atoms with Crippen LogP contribution in [0.2, 0.25) is 0 Å². The number of nitrogens with zero attached hydrogens (tertiary/aromatic N) is 4. The summed E-state index contributed by atoms with van der Waals surface area (Å²) in [6.45, 7) is 4.59. The topological polar surface area (TPSA) is 90.9 Å². The molecule has 1 aromatic rings. The molecule has 0 saturated carbocycles. The fourth-order valence-electron chi connectivity index (χ4n) is 1.63. The molecule has 0 aliphatic heterocycles. The van der Waals surface area contributed by atoms with Gasteiger partial charge >= 0.3 is 0 Å². The van der Waals surface area contributed by atoms with Crippen molar-refractivity contribution in [3.05, 3.63) is 11.9 Å². The summed E-state index contributed by atoms with van der Waals surface area (Å²) >= 11 is 0. The van der Waals surface area contributed by atoms with Crippen LogP contribution in [0.3, 0.4) is 0 Å². The SMILES string of the molecule is CCCc1nc(NN)cc(N(C)CC(C)C#N)n1. The molecule has 0 bridgehead atoms. The molecule has 1 unspecified atom stereocenters. The first kappa shape index (κ1) is 14.2. The highest BCUT2D eigenvalue weighted by Crippen LogP contribution is 2.16. The average Bonchev–Trinajstić information content (AvgIpc) is 2.38. The Morgan fingerprint density at radius 2 is 2.28 bits per heavy atom. The zero-order chi connectivity index (χ0) is 13.5. The average molecular weight is 248 g/mol. The fraction of sp³-hybridized carbons (Fsp3) is 0.583. The maximum absolute atomic E-state index is 8.83. The van der Waals surface area contributed by atoms with E-state index in [1.807, 2.05) is 18.9 Å². The summed E-state index contributed by atoms with van der Waals surface area (Å²) in [5.74, 6) is 7.49. The van der Waals surface area contributed by atoms with Crippen molar-refractivity contribution in [1.29, 1.82) is 5.26 Å². The Bertz CT molecular complexity index is 425. The molecule has 1 rings (SSSR count). The quantitative estimate of drug-likeness (QED) is 0.582. The Balaban J connectivity index is 2.93. The third kappa shape index (κ3) is 3.86. The van der Waals surface area contributed by atoms with Crippen LogP contribution in [0, 0.1) is 17.2 Å². The summed E-state index contributed by atoms with van der Waals surface area (Å²) in [5, 5.41) is 8.83. The number of hydrazine groups is 1. The van der Waals surface area contributed by atoms with E-state index in [0.717, 1.165) is 24.5 Å². The normalized spacial score (nSPS) is 11.7. The molecule has 0 aliphatic rings. The van der Waals surface area contributed by atoms with Crippen LogP contribution in [0.4, 0.5) is 11.6 Å². The highest BCUT2D eigenvalue weighted by Gasteiger charge is 2.10. The molecular formula is C12H20N6. The minimum Gasteiger partial charge on any atom is -0.358 e. The standard InChI is InChI=1S/C12H20N6/c1-4-5-10-15-11(17-14)6-12(16-10)18(3)8-9(2)7-13/h6,9H,4-5,8,14H2,1-3H3,(H,15,16,17). The van der Waals surface area contributed by atoms with Crippen molar-refractivity contribution >= 4 is 11.6 Å². The third-order valence-corrected chi connectivity index (χ3v) is 2.54. The molecule has 6 heteroatoms. The number of anilines is 2. The van der Waals surface area contributed by atoms with Crippen molar-refractivity contribution in [3.63, 3.8) is 0 Å². The molecule has 1 atom stereocenters. The molecule has 0 fully saturated rings. The van der Waals surface area contributed by atoms with Crippen molar-refractivity contribution in [3.8, 4) is 6.07 Å². The van der Waals surface area contributed by atoms with Crippen LogP contribution in [0.15, 0.2) is 6.07 Å². The molecular weight excluding hydrogens is 228 g/mol. The van der Waals surface area contributed by atoms with Crippen molar-refractivity contribution in [2.75, 3.05) is 23.9 Å². The van der Waals surface area contributed by atoms with Gasteiger partial charge in [-0.15, -0.1) is 0 Å². The van der Waals surface area contributed by atoms with Gasteiger partial charge in [0.1, 0.15) is 17.5 Å². The lowest BCUT2D eigenvalue weighted by Crippen LogP contribution is -2.25. The molecule has 3 N–H and O–H groups in total. The molecule has 0 amide bonds. The van der Waals surface area contributed by atoms with Crippen molar-refractivity contribution in [1.82, 2.24) is 9.97 Å². The molecule has 0 saturated heterocycles. The third-order valence-electron chi connectivity index (χ3n) is 2.54. The van der Waals surface area contributed by atoms with E-state index < -0.39 is 0 Å². The first-order chi connectivity index (χ1) is 8.60. The van der Waals surface area contributed by atoms with Crippen molar-refractivity contribution < 1.29 is 0 Å². The zero-order valence-electron chi connectivity index (χ0n) is 11.1. The van der Waals surface area contributed by atoms with Gasteiger partial charge in [-0.3, -0.25) is 0 Å². The van der Waals surface area contributed by atoms with E-state index in [-0.39, 0.29) is 5.92 Å². The number of rotatable bonds is 6. The van der Waals surface area contributed by atoms with Gasteiger partial charge in [-0.2, -0.15) is 5.26 Å². The lowest BCUT2D eigenvalue weighted by atomic mass is 10.2. The number of nitrogens with two attached hydrogens (primary N) is 1. The Hall–Kier alpha value is -1.87. The van der Waals surface area contributed by atoms with E-state index in [1.165, 1.54) is 0 Å². The maximum Gasteiger partial charge on any atom is 0.145 e. The van der Waals surface area contributed by atoms with Crippen LogP contribution in [-0.2, 0) is 6.42 Å². The van der Waals surface area contributed by atoms with Gasteiger partial charge < -0.3 is 10.3 Å². The molecule has 0 aromatic carbocycles. The van der Waals surface area contributed by atoms with Crippen molar-refractivity contribution in [2.24, 2.45) is 11.8 Å². The molecule has 98 valence electrons. The van der Waals surface area contributed by atoms with E-state index in [0.29, 0.717) is 12.4 Å². The van der Waals surface area contributed by atoms with Gasteiger partial charge in [0, 0.05) is 26.1 Å². The highest BCUT2D eigenvalue weighted by atomic mass is 15.3. The van der Waals surface area contributed by atoms with E-state index >= 15 is 0 Å². The second-order valence-corrected chi connectivity index (χ2v) is 4.33. The van der Waals surface area contributed by atoms with Gasteiger partial charge in [0.25, 0.3) is 0 Å². The Morgan fingerprint density at radius 1 is 1.56 bits per heavy atom. The Morgan fingerprint density at radius 3 is 2.83 bits per heavy atom. The maximum atomic E-state index is 8.83. The minimum atomic E-state index is -0.0473. The molecule has 1 heterocycles. The zero-order valence-corrected chi connectivity index (χ0v) is 11.1. The van der Waals surface area contributed by atoms with Crippen LogP contribution < -0.4 is 16.2 Å². The van der Waals surface area contributed by atoms with Gasteiger partial charge in [-0.1, -0.05) is 6.92 Å². The van der Waals surface area contributed by atoms with Crippen LogP contribution in [0.5, 0.6) is 0 Å².